The number of piperidine rings is 1. The summed E-state index contributed by atoms with van der Waals surface area (Å²) >= 11 is 0. The van der Waals surface area contributed by atoms with Crippen molar-refractivity contribution in [2.24, 2.45) is 0 Å². The number of aromatic nitrogens is 3. The molecule has 0 N–H and O–H groups in total. The minimum Gasteiger partial charge on any atom is -0.457 e. The Hall–Kier alpha value is -2.71. The highest BCUT2D eigenvalue weighted by Gasteiger charge is 2.30. The molecular formula is C20H22N4O3S. The molecule has 8 heteroatoms. The van der Waals surface area contributed by atoms with Gasteiger partial charge in [0.25, 0.3) is 0 Å². The van der Waals surface area contributed by atoms with Gasteiger partial charge in [-0.1, -0.05) is 18.2 Å². The topological polar surface area (TPSA) is 77.3 Å². The first-order valence-electron chi connectivity index (χ1n) is 9.23. The molecule has 1 aliphatic rings. The molecule has 4 rings (SSSR count). The third-order valence-electron chi connectivity index (χ3n) is 4.97. The maximum Gasteiger partial charge on any atom is 0.243 e. The van der Waals surface area contributed by atoms with E-state index in [9.17, 15) is 8.42 Å². The number of nitrogens with zero attached hydrogens (tertiary/aromatic N) is 4. The number of ether oxygens (including phenoxy) is 1. The Morgan fingerprint density at radius 3 is 2.25 bits per heavy atom. The van der Waals surface area contributed by atoms with E-state index in [0.29, 0.717) is 31.7 Å². The fraction of sp³-hybridized carbons (Fsp3) is 0.300. The fourth-order valence-electron chi connectivity index (χ4n) is 3.35. The van der Waals surface area contributed by atoms with Gasteiger partial charge < -0.3 is 4.74 Å². The molecule has 2 aromatic carbocycles. The summed E-state index contributed by atoms with van der Waals surface area (Å²) in [5.41, 5.74) is 1.02. The molecule has 7 nitrogen and oxygen atoms in total. The molecule has 2 heterocycles. The van der Waals surface area contributed by atoms with E-state index in [2.05, 4.69) is 10.2 Å². The van der Waals surface area contributed by atoms with Gasteiger partial charge in [-0.3, -0.25) is 0 Å². The molecule has 3 aromatic rings. The standard InChI is InChI=1S/C20H22N4O3S/c1-16-4-2-3-5-20(16)27-18-6-8-19(9-7-18)28(25,26)23-14-10-17(11-15-23)24-21-12-13-22-24/h2-9,12-13,17H,10-11,14-15H2,1H3. The average Bonchev–Trinajstić information content (AvgIpc) is 3.25. The molecule has 0 unspecified atom stereocenters. The van der Waals surface area contributed by atoms with Crippen LogP contribution in [0.4, 0.5) is 0 Å². The minimum atomic E-state index is -3.52. The minimum absolute atomic E-state index is 0.145. The second-order valence-electron chi connectivity index (χ2n) is 6.82. The molecule has 1 fully saturated rings. The average molecular weight is 398 g/mol. The van der Waals surface area contributed by atoms with Crippen LogP contribution in [0, 0.1) is 6.92 Å². The van der Waals surface area contributed by atoms with Gasteiger partial charge >= 0.3 is 0 Å². The van der Waals surface area contributed by atoms with E-state index < -0.39 is 10.0 Å². The van der Waals surface area contributed by atoms with Crippen LogP contribution in [0.1, 0.15) is 24.4 Å². The van der Waals surface area contributed by atoms with Crippen LogP contribution in [0.3, 0.4) is 0 Å². The van der Waals surface area contributed by atoms with Crippen LogP contribution >= 0.6 is 0 Å². The number of hydrogen-bond donors (Lipinski definition) is 0. The summed E-state index contributed by atoms with van der Waals surface area (Å²) in [4.78, 5) is 1.95. The molecule has 0 amide bonds. The van der Waals surface area contributed by atoms with Crippen LogP contribution in [0.2, 0.25) is 0 Å². The lowest BCUT2D eigenvalue weighted by Gasteiger charge is -2.30. The summed E-state index contributed by atoms with van der Waals surface area (Å²) in [6.45, 7) is 2.88. The van der Waals surface area contributed by atoms with Crippen molar-refractivity contribution in [3.05, 3.63) is 66.5 Å². The molecule has 0 spiro atoms. The Bertz CT molecular complexity index is 1030. The number of sulfonamides is 1. The lowest BCUT2D eigenvalue weighted by molar-refractivity contribution is 0.245. The van der Waals surface area contributed by atoms with Crippen LogP contribution in [0.15, 0.2) is 65.8 Å². The highest BCUT2D eigenvalue weighted by Crippen LogP contribution is 2.29. The predicted molar refractivity (Wildman–Crippen MR) is 105 cm³/mol. The van der Waals surface area contributed by atoms with Crippen LogP contribution in [0.25, 0.3) is 0 Å². The largest absolute Gasteiger partial charge is 0.457 e. The molecule has 1 aliphatic heterocycles. The fourth-order valence-corrected chi connectivity index (χ4v) is 4.82. The highest BCUT2D eigenvalue weighted by atomic mass is 32.2. The van der Waals surface area contributed by atoms with Gasteiger partial charge in [0.1, 0.15) is 11.5 Å². The van der Waals surface area contributed by atoms with Crippen LogP contribution in [0.5, 0.6) is 11.5 Å². The van der Waals surface area contributed by atoms with Gasteiger partial charge in [0, 0.05) is 13.1 Å². The number of para-hydroxylation sites is 1. The second-order valence-corrected chi connectivity index (χ2v) is 8.76. The van der Waals surface area contributed by atoms with Gasteiger partial charge in [-0.15, -0.1) is 0 Å². The molecule has 0 aliphatic carbocycles. The van der Waals surface area contributed by atoms with E-state index in [1.807, 2.05) is 31.2 Å². The lowest BCUT2D eigenvalue weighted by atomic mass is 10.1. The van der Waals surface area contributed by atoms with Crippen LogP contribution in [-0.2, 0) is 10.0 Å². The Morgan fingerprint density at radius 2 is 1.61 bits per heavy atom. The Kier molecular flexibility index (Phi) is 5.15. The SMILES string of the molecule is Cc1ccccc1Oc1ccc(S(=O)(=O)N2CCC(n3nccn3)CC2)cc1. The Labute approximate surface area is 164 Å². The van der Waals surface area contributed by atoms with E-state index in [1.165, 1.54) is 4.31 Å². The van der Waals surface area contributed by atoms with E-state index >= 15 is 0 Å². The van der Waals surface area contributed by atoms with Gasteiger partial charge in [-0.2, -0.15) is 19.3 Å². The van der Waals surface area contributed by atoms with Crippen molar-refractivity contribution in [3.8, 4) is 11.5 Å². The van der Waals surface area contributed by atoms with Gasteiger partial charge in [-0.05, 0) is 55.7 Å². The summed E-state index contributed by atoms with van der Waals surface area (Å²) in [5, 5.41) is 8.32. The molecule has 1 aromatic heterocycles. The monoisotopic (exact) mass is 398 g/mol. The summed E-state index contributed by atoms with van der Waals surface area (Å²) in [6.07, 6.45) is 4.68. The second kappa shape index (κ2) is 7.73. The first kappa shape index (κ1) is 18.6. The summed E-state index contributed by atoms with van der Waals surface area (Å²) in [7, 11) is -3.52. The molecule has 0 bridgehead atoms. The quantitative estimate of drug-likeness (QED) is 0.658. The van der Waals surface area contributed by atoms with Crippen molar-refractivity contribution >= 4 is 10.0 Å². The summed E-state index contributed by atoms with van der Waals surface area (Å²) in [6, 6.07) is 14.4. The van der Waals surface area contributed by atoms with Crippen molar-refractivity contribution in [1.29, 1.82) is 0 Å². The number of aryl methyl sites for hydroxylation is 1. The maximum absolute atomic E-state index is 13.0. The molecular weight excluding hydrogens is 376 g/mol. The summed E-state index contributed by atoms with van der Waals surface area (Å²) in [5.74, 6) is 1.36. The van der Waals surface area contributed by atoms with Gasteiger partial charge in [0.15, 0.2) is 0 Å². The summed E-state index contributed by atoms with van der Waals surface area (Å²) < 4.78 is 33.3. The predicted octanol–water partition coefficient (Wildman–Crippen LogP) is 3.40. The van der Waals surface area contributed by atoms with E-state index in [0.717, 1.165) is 11.3 Å². The van der Waals surface area contributed by atoms with E-state index in [1.54, 1.807) is 41.5 Å². The number of hydrogen-bond acceptors (Lipinski definition) is 5. The van der Waals surface area contributed by atoms with Crippen molar-refractivity contribution in [2.45, 2.75) is 30.7 Å². The molecule has 0 saturated carbocycles. The zero-order valence-corrected chi connectivity index (χ0v) is 16.4. The molecule has 0 radical (unpaired) electrons. The van der Waals surface area contributed by atoms with E-state index in [-0.39, 0.29) is 10.9 Å². The Morgan fingerprint density at radius 1 is 0.964 bits per heavy atom. The molecule has 1 saturated heterocycles. The lowest BCUT2D eigenvalue weighted by Crippen LogP contribution is -2.39. The maximum atomic E-state index is 13.0. The third kappa shape index (κ3) is 3.79. The zero-order chi connectivity index (χ0) is 19.6. The van der Waals surface area contributed by atoms with Gasteiger partial charge in [0.2, 0.25) is 10.0 Å². The van der Waals surface area contributed by atoms with Crippen molar-refractivity contribution in [3.63, 3.8) is 0 Å². The first-order chi connectivity index (χ1) is 13.5. The van der Waals surface area contributed by atoms with Crippen molar-refractivity contribution in [1.82, 2.24) is 19.3 Å². The van der Waals surface area contributed by atoms with Gasteiger partial charge in [0.05, 0.1) is 23.3 Å². The molecule has 0 atom stereocenters. The first-order valence-corrected chi connectivity index (χ1v) is 10.7. The number of benzene rings is 2. The van der Waals surface area contributed by atoms with Crippen molar-refractivity contribution in [2.75, 3.05) is 13.1 Å². The third-order valence-corrected chi connectivity index (χ3v) is 6.88. The molecule has 146 valence electrons. The smallest absolute Gasteiger partial charge is 0.243 e. The molecule has 28 heavy (non-hydrogen) atoms. The Balaban J connectivity index is 1.44. The normalized spacial score (nSPS) is 16.2. The number of rotatable bonds is 5. The van der Waals surface area contributed by atoms with E-state index in [4.69, 9.17) is 4.74 Å². The highest BCUT2D eigenvalue weighted by molar-refractivity contribution is 7.89. The van der Waals surface area contributed by atoms with Gasteiger partial charge in [-0.25, -0.2) is 8.42 Å². The van der Waals surface area contributed by atoms with Crippen molar-refractivity contribution < 1.29 is 13.2 Å². The van der Waals surface area contributed by atoms with Crippen LogP contribution in [-0.4, -0.2) is 40.8 Å². The zero-order valence-electron chi connectivity index (χ0n) is 15.6. The van der Waals surface area contributed by atoms with Crippen LogP contribution < -0.4 is 4.74 Å².